The minimum absolute atomic E-state index is 0.103. The predicted molar refractivity (Wildman–Crippen MR) is 46.1 cm³/mol. The van der Waals surface area contributed by atoms with Crippen LogP contribution in [0, 0.1) is 0 Å². The van der Waals surface area contributed by atoms with Crippen molar-refractivity contribution < 1.29 is 29.3 Å². The van der Waals surface area contributed by atoms with Gasteiger partial charge in [0.05, 0.1) is 6.54 Å². The first-order valence-corrected chi connectivity index (χ1v) is 4.06. The summed E-state index contributed by atoms with van der Waals surface area (Å²) in [4.78, 5) is 39.4. The average Bonchev–Trinajstić information content (AvgIpc) is 2.21. The Morgan fingerprint density at radius 1 is 1.27 bits per heavy atom. The van der Waals surface area contributed by atoms with Gasteiger partial charge in [-0.05, 0) is 6.42 Å². The summed E-state index contributed by atoms with van der Waals surface area (Å²) in [6.45, 7) is -0.433. The summed E-state index contributed by atoms with van der Waals surface area (Å²) >= 11 is 0. The third-order valence-electron chi connectivity index (χ3n) is 1.36. The highest BCUT2D eigenvalue weighted by molar-refractivity contribution is 5.78. The number of aliphatic carboxylic acids is 1. The molecule has 0 aromatic carbocycles. The van der Waals surface area contributed by atoms with E-state index in [9.17, 15) is 14.4 Å². The Morgan fingerprint density at radius 2 is 1.87 bits per heavy atom. The van der Waals surface area contributed by atoms with E-state index < -0.39 is 30.5 Å². The van der Waals surface area contributed by atoms with E-state index in [0.717, 1.165) is 0 Å². The maximum absolute atomic E-state index is 10.9. The second-order valence-electron chi connectivity index (χ2n) is 2.60. The molecule has 0 spiro atoms. The molecule has 5 N–H and O–H groups in total. The van der Waals surface area contributed by atoms with Gasteiger partial charge in [0.25, 0.3) is 0 Å². The molecule has 0 heterocycles. The van der Waals surface area contributed by atoms with Crippen molar-refractivity contribution in [2.24, 2.45) is 11.5 Å². The smallest absolute Gasteiger partial charge is 0.372 e. The molecule has 86 valence electrons. The van der Waals surface area contributed by atoms with Crippen LogP contribution in [0.15, 0.2) is 0 Å². The molecule has 0 aliphatic heterocycles. The van der Waals surface area contributed by atoms with Gasteiger partial charge in [0.15, 0.2) is 0 Å². The Kier molecular flexibility index (Phi) is 5.99. The maximum atomic E-state index is 10.9. The van der Waals surface area contributed by atoms with E-state index in [2.05, 4.69) is 9.78 Å². The SMILES string of the molecule is NCC(=O)OOC(=O)[C@H](N)CCC(=O)O. The number of carbonyl (C=O) groups is 3. The van der Waals surface area contributed by atoms with Gasteiger partial charge in [-0.25, -0.2) is 19.4 Å². The minimum Gasteiger partial charge on any atom is -0.481 e. The van der Waals surface area contributed by atoms with Gasteiger partial charge in [-0.3, -0.25) is 4.79 Å². The van der Waals surface area contributed by atoms with Gasteiger partial charge in [-0.2, -0.15) is 0 Å². The van der Waals surface area contributed by atoms with E-state index in [4.69, 9.17) is 16.6 Å². The lowest BCUT2D eigenvalue weighted by atomic mass is 10.2. The van der Waals surface area contributed by atoms with Gasteiger partial charge < -0.3 is 16.6 Å². The molecule has 0 amide bonds. The molecule has 15 heavy (non-hydrogen) atoms. The molecule has 0 rings (SSSR count). The minimum atomic E-state index is -1.15. The lowest BCUT2D eigenvalue weighted by Gasteiger charge is -2.07. The number of carbonyl (C=O) groups excluding carboxylic acids is 2. The van der Waals surface area contributed by atoms with Gasteiger partial charge in [-0.15, -0.1) is 0 Å². The second-order valence-corrected chi connectivity index (χ2v) is 2.60. The maximum Gasteiger partial charge on any atom is 0.372 e. The molecule has 0 aliphatic rings. The summed E-state index contributed by atoms with van der Waals surface area (Å²) in [7, 11) is 0. The van der Waals surface area contributed by atoms with Gasteiger partial charge in [-0.1, -0.05) is 0 Å². The number of hydrogen-bond donors (Lipinski definition) is 3. The fourth-order valence-corrected chi connectivity index (χ4v) is 0.580. The fourth-order valence-electron chi connectivity index (χ4n) is 0.580. The molecule has 0 radical (unpaired) electrons. The van der Waals surface area contributed by atoms with E-state index in [0.29, 0.717) is 0 Å². The van der Waals surface area contributed by atoms with Gasteiger partial charge in [0, 0.05) is 6.42 Å². The first-order chi connectivity index (χ1) is 6.97. The Morgan fingerprint density at radius 3 is 2.33 bits per heavy atom. The number of nitrogens with two attached hydrogens (primary N) is 2. The number of hydrogen-bond acceptors (Lipinski definition) is 7. The van der Waals surface area contributed by atoms with Crippen molar-refractivity contribution >= 4 is 17.9 Å². The van der Waals surface area contributed by atoms with Crippen LogP contribution in [-0.4, -0.2) is 35.6 Å². The Balaban J connectivity index is 3.79. The van der Waals surface area contributed by atoms with Gasteiger partial charge in [0.2, 0.25) is 0 Å². The summed E-state index contributed by atoms with van der Waals surface area (Å²) in [6, 6.07) is -1.15. The van der Waals surface area contributed by atoms with E-state index in [1.807, 2.05) is 0 Å². The summed E-state index contributed by atoms with van der Waals surface area (Å²) in [5.74, 6) is -3.02. The zero-order chi connectivity index (χ0) is 11.8. The molecule has 8 nitrogen and oxygen atoms in total. The standard InChI is InChI=1S/C7H12N2O6/c8-3-6(12)14-15-7(13)4(9)1-2-5(10)11/h4H,1-3,8-9H2,(H,10,11)/t4-/m1/s1. The van der Waals surface area contributed by atoms with Crippen molar-refractivity contribution in [1.82, 2.24) is 0 Å². The summed E-state index contributed by atoms with van der Waals surface area (Å²) in [5, 5.41) is 8.29. The van der Waals surface area contributed by atoms with E-state index >= 15 is 0 Å². The molecule has 0 saturated heterocycles. The van der Waals surface area contributed by atoms with E-state index in [1.54, 1.807) is 0 Å². The topological polar surface area (TPSA) is 142 Å². The summed E-state index contributed by atoms with van der Waals surface area (Å²) in [6.07, 6.45) is -0.380. The molecule has 0 bridgehead atoms. The van der Waals surface area contributed by atoms with Crippen LogP contribution < -0.4 is 11.5 Å². The quantitative estimate of drug-likeness (QED) is 0.361. The summed E-state index contributed by atoms with van der Waals surface area (Å²) < 4.78 is 0. The Bertz CT molecular complexity index is 254. The molecule has 1 atom stereocenters. The highest BCUT2D eigenvalue weighted by Crippen LogP contribution is 1.97. The van der Waals surface area contributed by atoms with Crippen molar-refractivity contribution in [2.75, 3.05) is 6.54 Å². The van der Waals surface area contributed by atoms with Gasteiger partial charge in [0.1, 0.15) is 6.04 Å². The van der Waals surface area contributed by atoms with Crippen LogP contribution in [0.2, 0.25) is 0 Å². The van der Waals surface area contributed by atoms with Crippen molar-refractivity contribution in [3.63, 3.8) is 0 Å². The molecular formula is C7H12N2O6. The Labute approximate surface area is 85.0 Å². The van der Waals surface area contributed by atoms with Crippen molar-refractivity contribution in [2.45, 2.75) is 18.9 Å². The highest BCUT2D eigenvalue weighted by atomic mass is 17.2. The summed E-state index contributed by atoms with van der Waals surface area (Å²) in [5.41, 5.74) is 10.1. The van der Waals surface area contributed by atoms with Crippen LogP contribution in [-0.2, 0) is 24.2 Å². The van der Waals surface area contributed by atoms with Crippen molar-refractivity contribution in [3.8, 4) is 0 Å². The molecule has 0 aliphatic carbocycles. The van der Waals surface area contributed by atoms with E-state index in [-0.39, 0.29) is 12.8 Å². The third-order valence-corrected chi connectivity index (χ3v) is 1.36. The monoisotopic (exact) mass is 220 g/mol. The zero-order valence-corrected chi connectivity index (χ0v) is 7.84. The molecule has 0 aromatic rings. The van der Waals surface area contributed by atoms with Crippen molar-refractivity contribution in [1.29, 1.82) is 0 Å². The Hall–Kier alpha value is -1.67. The van der Waals surface area contributed by atoms with Crippen LogP contribution in [0.25, 0.3) is 0 Å². The average molecular weight is 220 g/mol. The zero-order valence-electron chi connectivity index (χ0n) is 7.84. The molecule has 0 aromatic heterocycles. The van der Waals surface area contributed by atoms with E-state index in [1.165, 1.54) is 0 Å². The normalized spacial score (nSPS) is 11.6. The van der Waals surface area contributed by atoms with Crippen LogP contribution >= 0.6 is 0 Å². The highest BCUT2D eigenvalue weighted by Gasteiger charge is 2.18. The number of rotatable bonds is 5. The molecule has 0 saturated carbocycles. The molecule has 0 unspecified atom stereocenters. The largest absolute Gasteiger partial charge is 0.481 e. The number of carboxylic acids is 1. The van der Waals surface area contributed by atoms with Crippen LogP contribution in [0.1, 0.15) is 12.8 Å². The van der Waals surface area contributed by atoms with Crippen LogP contribution in [0.4, 0.5) is 0 Å². The first kappa shape index (κ1) is 13.3. The number of carboxylic acid groups (broad SMARTS) is 1. The lowest BCUT2D eigenvalue weighted by molar-refractivity contribution is -0.258. The van der Waals surface area contributed by atoms with Gasteiger partial charge >= 0.3 is 17.9 Å². The molecular weight excluding hydrogens is 208 g/mol. The lowest BCUT2D eigenvalue weighted by Crippen LogP contribution is -2.34. The molecule has 0 fully saturated rings. The van der Waals surface area contributed by atoms with Crippen LogP contribution in [0.3, 0.4) is 0 Å². The fraction of sp³-hybridized carbons (Fsp3) is 0.571. The molecule has 8 heteroatoms. The third kappa shape index (κ3) is 6.41. The van der Waals surface area contributed by atoms with Crippen LogP contribution in [0.5, 0.6) is 0 Å². The predicted octanol–water partition coefficient (Wildman–Crippen LogP) is -1.86. The first-order valence-electron chi connectivity index (χ1n) is 4.06. The van der Waals surface area contributed by atoms with Crippen molar-refractivity contribution in [3.05, 3.63) is 0 Å². The second kappa shape index (κ2) is 6.74.